The minimum Gasteiger partial charge on any atom is -0.496 e. The molecule has 1 unspecified atom stereocenters. The maximum absolute atomic E-state index is 13.7. The second-order valence-electron chi connectivity index (χ2n) is 8.37. The Bertz CT molecular complexity index is 1140. The van der Waals surface area contributed by atoms with Crippen LogP contribution in [0.3, 0.4) is 0 Å². The number of benzene rings is 1. The van der Waals surface area contributed by atoms with Crippen molar-refractivity contribution < 1.29 is 9.53 Å². The van der Waals surface area contributed by atoms with E-state index in [1.807, 2.05) is 74.4 Å². The molecule has 166 valence electrons. The number of ether oxygens (including phenoxy) is 1. The van der Waals surface area contributed by atoms with E-state index < -0.39 is 0 Å². The molecule has 2 aromatic heterocycles. The van der Waals surface area contributed by atoms with Gasteiger partial charge in [0.15, 0.2) is 0 Å². The first-order valence-corrected chi connectivity index (χ1v) is 10.8. The fraction of sp³-hybridized carbons (Fsp3) is 0.360. The molecule has 0 radical (unpaired) electrons. The summed E-state index contributed by atoms with van der Waals surface area (Å²) in [6, 6.07) is 7.53. The molecule has 1 aliphatic rings. The molecular formula is C25H29N5O2. The molecule has 1 aromatic carbocycles. The number of para-hydroxylation sites is 1. The van der Waals surface area contributed by atoms with Crippen molar-refractivity contribution >= 4 is 11.9 Å². The smallest absolute Gasteiger partial charge is 0.258 e. The number of methoxy groups -OCH3 is 1. The Kier molecular flexibility index (Phi) is 6.08. The number of anilines is 1. The van der Waals surface area contributed by atoms with Gasteiger partial charge in [-0.05, 0) is 55.5 Å². The molecule has 3 heterocycles. The number of aryl methyl sites for hydroxylation is 2. The Hall–Kier alpha value is -3.48. The largest absolute Gasteiger partial charge is 0.496 e. The Labute approximate surface area is 189 Å². The minimum atomic E-state index is -0.142. The third-order valence-electron chi connectivity index (χ3n) is 5.99. The summed E-state index contributed by atoms with van der Waals surface area (Å²) in [5.74, 6) is 1.23. The number of carbonyl (C=O) groups is 1. The van der Waals surface area contributed by atoms with E-state index in [1.165, 1.54) is 0 Å². The Morgan fingerprint density at radius 1 is 1.12 bits per heavy atom. The Balaban J connectivity index is 1.82. The minimum absolute atomic E-state index is 0.0320. The van der Waals surface area contributed by atoms with Crippen molar-refractivity contribution in [2.45, 2.75) is 32.7 Å². The van der Waals surface area contributed by atoms with Gasteiger partial charge in [0.1, 0.15) is 5.75 Å². The van der Waals surface area contributed by atoms with Crippen molar-refractivity contribution in [3.8, 4) is 16.9 Å². The third kappa shape index (κ3) is 3.90. The first-order valence-electron chi connectivity index (χ1n) is 10.8. The molecule has 1 aliphatic heterocycles. The normalized spacial score (nSPS) is 15.7. The molecule has 0 bridgehead atoms. The zero-order valence-electron chi connectivity index (χ0n) is 19.3. The highest BCUT2D eigenvalue weighted by molar-refractivity contribution is 5.98. The van der Waals surface area contributed by atoms with Crippen LogP contribution in [0.1, 0.15) is 46.1 Å². The molecule has 0 spiro atoms. The highest BCUT2D eigenvalue weighted by atomic mass is 16.5. The molecule has 7 heteroatoms. The lowest BCUT2D eigenvalue weighted by Gasteiger charge is -2.28. The van der Waals surface area contributed by atoms with E-state index in [4.69, 9.17) is 9.72 Å². The van der Waals surface area contributed by atoms with Crippen molar-refractivity contribution in [2.75, 3.05) is 32.6 Å². The maximum atomic E-state index is 13.7. The predicted molar refractivity (Wildman–Crippen MR) is 125 cm³/mol. The van der Waals surface area contributed by atoms with Gasteiger partial charge in [0, 0.05) is 44.8 Å². The molecule has 32 heavy (non-hydrogen) atoms. The van der Waals surface area contributed by atoms with Crippen LogP contribution in [-0.2, 0) is 0 Å². The fourth-order valence-electron chi connectivity index (χ4n) is 4.38. The average Bonchev–Trinajstić information content (AvgIpc) is 3.28. The molecule has 4 rings (SSSR count). The number of hydrogen-bond donors (Lipinski definition) is 0. The van der Waals surface area contributed by atoms with Gasteiger partial charge in [-0.1, -0.05) is 12.1 Å². The molecule has 7 nitrogen and oxygen atoms in total. The number of likely N-dealkylation sites (tertiary alicyclic amines) is 1. The third-order valence-corrected chi connectivity index (χ3v) is 5.99. The van der Waals surface area contributed by atoms with Crippen LogP contribution in [-0.4, -0.2) is 53.5 Å². The molecule has 1 amide bonds. The molecular weight excluding hydrogens is 402 g/mol. The molecule has 1 fully saturated rings. The van der Waals surface area contributed by atoms with Gasteiger partial charge < -0.3 is 14.5 Å². The van der Waals surface area contributed by atoms with E-state index >= 15 is 0 Å². The van der Waals surface area contributed by atoms with E-state index in [9.17, 15) is 4.79 Å². The molecule has 0 N–H and O–H groups in total. The lowest BCUT2D eigenvalue weighted by molar-refractivity contribution is 0.0729. The summed E-state index contributed by atoms with van der Waals surface area (Å²) in [6.45, 7) is 4.66. The summed E-state index contributed by atoms with van der Waals surface area (Å²) >= 11 is 0. The number of carbonyl (C=O) groups excluding carboxylic acids is 1. The number of rotatable bonds is 5. The van der Waals surface area contributed by atoms with Crippen molar-refractivity contribution in [2.24, 2.45) is 0 Å². The summed E-state index contributed by atoms with van der Waals surface area (Å²) in [5, 5.41) is 0. The first-order chi connectivity index (χ1) is 15.4. The van der Waals surface area contributed by atoms with Crippen LogP contribution in [0, 0.1) is 13.8 Å². The van der Waals surface area contributed by atoms with Gasteiger partial charge in [0.05, 0.1) is 24.4 Å². The summed E-state index contributed by atoms with van der Waals surface area (Å²) in [4.78, 5) is 31.2. The van der Waals surface area contributed by atoms with Crippen LogP contribution in [0.5, 0.6) is 5.75 Å². The summed E-state index contributed by atoms with van der Waals surface area (Å²) < 4.78 is 5.57. The van der Waals surface area contributed by atoms with E-state index in [0.717, 1.165) is 40.8 Å². The molecule has 1 saturated heterocycles. The van der Waals surface area contributed by atoms with Crippen LogP contribution < -0.4 is 9.64 Å². The summed E-state index contributed by atoms with van der Waals surface area (Å²) in [5.41, 5.74) is 5.42. The average molecular weight is 432 g/mol. The highest BCUT2D eigenvalue weighted by Crippen LogP contribution is 2.39. The van der Waals surface area contributed by atoms with Crippen LogP contribution in [0.4, 0.5) is 5.95 Å². The van der Waals surface area contributed by atoms with Gasteiger partial charge in [-0.3, -0.25) is 9.78 Å². The van der Waals surface area contributed by atoms with Crippen LogP contribution in [0.2, 0.25) is 0 Å². The van der Waals surface area contributed by atoms with Gasteiger partial charge in [-0.15, -0.1) is 0 Å². The number of amides is 1. The fourth-order valence-corrected chi connectivity index (χ4v) is 4.38. The number of hydrogen-bond acceptors (Lipinski definition) is 6. The number of pyridine rings is 1. The van der Waals surface area contributed by atoms with E-state index in [-0.39, 0.29) is 11.9 Å². The lowest BCUT2D eigenvalue weighted by atomic mass is 9.97. The quantitative estimate of drug-likeness (QED) is 0.603. The second kappa shape index (κ2) is 8.94. The summed E-state index contributed by atoms with van der Waals surface area (Å²) in [7, 11) is 5.45. The molecule has 0 saturated carbocycles. The van der Waals surface area contributed by atoms with Crippen molar-refractivity contribution in [1.29, 1.82) is 0 Å². The number of nitrogens with zero attached hydrogens (tertiary/aromatic N) is 5. The van der Waals surface area contributed by atoms with Gasteiger partial charge >= 0.3 is 0 Å². The molecule has 1 atom stereocenters. The first kappa shape index (κ1) is 21.7. The van der Waals surface area contributed by atoms with Gasteiger partial charge in [0.25, 0.3) is 5.91 Å². The van der Waals surface area contributed by atoms with Crippen LogP contribution in [0.25, 0.3) is 11.1 Å². The Morgan fingerprint density at radius 2 is 1.94 bits per heavy atom. The van der Waals surface area contributed by atoms with E-state index in [0.29, 0.717) is 23.8 Å². The monoisotopic (exact) mass is 431 g/mol. The van der Waals surface area contributed by atoms with E-state index in [1.54, 1.807) is 13.3 Å². The number of aromatic nitrogens is 3. The second-order valence-corrected chi connectivity index (χ2v) is 8.37. The molecule has 0 aliphatic carbocycles. The predicted octanol–water partition coefficient (Wildman–Crippen LogP) is 4.21. The topological polar surface area (TPSA) is 71.5 Å². The van der Waals surface area contributed by atoms with Gasteiger partial charge in [0.2, 0.25) is 5.95 Å². The zero-order valence-corrected chi connectivity index (χ0v) is 19.3. The van der Waals surface area contributed by atoms with Crippen LogP contribution in [0.15, 0.2) is 42.9 Å². The van der Waals surface area contributed by atoms with Crippen LogP contribution >= 0.6 is 0 Å². The highest BCUT2D eigenvalue weighted by Gasteiger charge is 2.35. The molecule has 3 aromatic rings. The standard InChI is InChI=1S/C25H29N5O2/c1-16-8-6-9-19(23(16)32-5)24(31)30-13-7-10-21(30)22-20(15-27-25(28-22)29(3)4)18-11-12-26-14-17(18)2/h6,8-9,11-12,14-15,21H,7,10,13H2,1-5H3. The van der Waals surface area contributed by atoms with Gasteiger partial charge in [-0.25, -0.2) is 9.97 Å². The maximum Gasteiger partial charge on any atom is 0.258 e. The Morgan fingerprint density at radius 3 is 2.66 bits per heavy atom. The van der Waals surface area contributed by atoms with Gasteiger partial charge in [-0.2, -0.15) is 0 Å². The van der Waals surface area contributed by atoms with Crippen molar-refractivity contribution in [1.82, 2.24) is 19.9 Å². The SMILES string of the molecule is COc1c(C)cccc1C(=O)N1CCCC1c1nc(N(C)C)ncc1-c1ccncc1C. The zero-order chi connectivity index (χ0) is 22.8. The summed E-state index contributed by atoms with van der Waals surface area (Å²) in [6.07, 6.45) is 7.25. The van der Waals surface area contributed by atoms with Crippen molar-refractivity contribution in [3.05, 3.63) is 65.2 Å². The van der Waals surface area contributed by atoms with E-state index in [2.05, 4.69) is 9.97 Å². The van der Waals surface area contributed by atoms with Crippen molar-refractivity contribution in [3.63, 3.8) is 0 Å². The lowest BCUT2D eigenvalue weighted by Crippen LogP contribution is -2.32.